The molecule has 3 heteroatoms. The molecule has 2 fully saturated rings. The molecule has 0 aromatic heterocycles. The number of hydrogen-bond acceptors (Lipinski definition) is 2. The van der Waals surface area contributed by atoms with Gasteiger partial charge in [-0.1, -0.05) is 22.0 Å². The van der Waals surface area contributed by atoms with Gasteiger partial charge in [0, 0.05) is 35.8 Å². The molecule has 0 spiro atoms. The highest BCUT2D eigenvalue weighted by molar-refractivity contribution is 9.10. The summed E-state index contributed by atoms with van der Waals surface area (Å²) in [6.45, 7) is 7.23. The third-order valence-electron chi connectivity index (χ3n) is 4.32. The van der Waals surface area contributed by atoms with Gasteiger partial charge in [-0.05, 0) is 50.4 Å². The summed E-state index contributed by atoms with van der Waals surface area (Å²) in [4.78, 5) is 5.28. The Morgan fingerprint density at radius 1 is 1.17 bits per heavy atom. The molecule has 0 bridgehead atoms. The molecule has 1 unspecified atom stereocenters. The molecule has 1 aromatic carbocycles. The lowest BCUT2D eigenvalue weighted by Gasteiger charge is -2.28. The van der Waals surface area contributed by atoms with Crippen molar-refractivity contribution in [1.82, 2.24) is 4.90 Å². The van der Waals surface area contributed by atoms with Crippen molar-refractivity contribution in [3.8, 4) is 0 Å². The molecule has 2 nitrogen and oxygen atoms in total. The molecular weight excluding hydrogens is 288 g/mol. The molecule has 0 N–H and O–H groups in total. The number of benzene rings is 1. The smallest absolute Gasteiger partial charge is 0.0407 e. The van der Waals surface area contributed by atoms with Crippen molar-refractivity contribution in [2.24, 2.45) is 0 Å². The van der Waals surface area contributed by atoms with Crippen LogP contribution in [-0.4, -0.2) is 37.1 Å². The van der Waals surface area contributed by atoms with Gasteiger partial charge in [-0.15, -0.1) is 0 Å². The van der Waals surface area contributed by atoms with Crippen LogP contribution in [0.1, 0.15) is 24.8 Å². The lowest BCUT2D eigenvalue weighted by Crippen LogP contribution is -2.36. The maximum absolute atomic E-state index is 3.60. The topological polar surface area (TPSA) is 6.48 Å². The highest BCUT2D eigenvalue weighted by atomic mass is 79.9. The number of rotatable bonds is 1. The van der Waals surface area contributed by atoms with Gasteiger partial charge in [0.05, 0.1) is 0 Å². The molecule has 2 aliphatic heterocycles. The number of aryl methyl sites for hydroxylation is 1. The molecule has 0 aliphatic carbocycles. The van der Waals surface area contributed by atoms with Crippen LogP contribution in [0.3, 0.4) is 0 Å². The van der Waals surface area contributed by atoms with E-state index in [1.807, 2.05) is 0 Å². The van der Waals surface area contributed by atoms with Crippen molar-refractivity contribution in [3.05, 3.63) is 28.2 Å². The first-order valence-electron chi connectivity index (χ1n) is 6.99. The van der Waals surface area contributed by atoms with Crippen LogP contribution < -0.4 is 4.90 Å². The van der Waals surface area contributed by atoms with Gasteiger partial charge >= 0.3 is 0 Å². The van der Waals surface area contributed by atoms with Crippen LogP contribution in [0.4, 0.5) is 5.69 Å². The van der Waals surface area contributed by atoms with Gasteiger partial charge in [0.2, 0.25) is 0 Å². The summed E-state index contributed by atoms with van der Waals surface area (Å²) in [5, 5.41) is 0. The molecular formula is C15H21BrN2. The molecule has 0 saturated carbocycles. The second-order valence-corrected chi connectivity index (χ2v) is 6.48. The van der Waals surface area contributed by atoms with Crippen molar-refractivity contribution in [1.29, 1.82) is 0 Å². The van der Waals surface area contributed by atoms with Gasteiger partial charge in [0.15, 0.2) is 0 Å². The first-order chi connectivity index (χ1) is 8.74. The Balaban J connectivity index is 1.84. The summed E-state index contributed by atoms with van der Waals surface area (Å²) < 4.78 is 1.19. The molecule has 98 valence electrons. The second kappa shape index (κ2) is 5.22. The van der Waals surface area contributed by atoms with E-state index in [9.17, 15) is 0 Å². The Labute approximate surface area is 118 Å². The average Bonchev–Trinajstić information content (AvgIpc) is 2.70. The maximum Gasteiger partial charge on any atom is 0.0407 e. The standard InChI is InChI=1S/C15H21BrN2/c1-12-5-6-13(16)10-15(12)18-9-3-8-17-7-2-4-14(17)11-18/h5-6,10,14H,2-4,7-9,11H2,1H3. The van der Waals surface area contributed by atoms with E-state index in [1.54, 1.807) is 0 Å². The van der Waals surface area contributed by atoms with Crippen molar-refractivity contribution in [2.45, 2.75) is 32.2 Å². The quantitative estimate of drug-likeness (QED) is 0.784. The van der Waals surface area contributed by atoms with Crippen molar-refractivity contribution in [3.63, 3.8) is 0 Å². The zero-order valence-corrected chi connectivity index (χ0v) is 12.6. The third-order valence-corrected chi connectivity index (χ3v) is 4.81. The maximum atomic E-state index is 3.60. The molecule has 2 heterocycles. The fraction of sp³-hybridized carbons (Fsp3) is 0.600. The molecule has 18 heavy (non-hydrogen) atoms. The van der Waals surface area contributed by atoms with Gasteiger partial charge in [-0.3, -0.25) is 4.90 Å². The zero-order valence-electron chi connectivity index (χ0n) is 11.0. The lowest BCUT2D eigenvalue weighted by atomic mass is 10.1. The predicted molar refractivity (Wildman–Crippen MR) is 80.3 cm³/mol. The van der Waals surface area contributed by atoms with Crippen LogP contribution in [-0.2, 0) is 0 Å². The average molecular weight is 309 g/mol. The number of hydrogen-bond donors (Lipinski definition) is 0. The summed E-state index contributed by atoms with van der Waals surface area (Å²) in [7, 11) is 0. The molecule has 1 atom stereocenters. The highest BCUT2D eigenvalue weighted by Crippen LogP contribution is 2.29. The first-order valence-corrected chi connectivity index (χ1v) is 7.78. The number of nitrogens with zero attached hydrogens (tertiary/aromatic N) is 2. The Morgan fingerprint density at radius 3 is 2.89 bits per heavy atom. The van der Waals surface area contributed by atoms with Crippen LogP contribution in [0.2, 0.25) is 0 Å². The van der Waals surface area contributed by atoms with Crippen LogP contribution in [0.25, 0.3) is 0 Å². The van der Waals surface area contributed by atoms with E-state index < -0.39 is 0 Å². The number of fused-ring (bicyclic) bond motifs is 1. The van der Waals surface area contributed by atoms with Gasteiger partial charge < -0.3 is 4.90 Å². The summed E-state index contributed by atoms with van der Waals surface area (Å²) >= 11 is 3.60. The molecule has 0 radical (unpaired) electrons. The molecule has 0 amide bonds. The van der Waals surface area contributed by atoms with Gasteiger partial charge in [0.25, 0.3) is 0 Å². The van der Waals surface area contributed by atoms with Crippen molar-refractivity contribution < 1.29 is 0 Å². The third kappa shape index (κ3) is 2.43. The monoisotopic (exact) mass is 308 g/mol. The highest BCUT2D eigenvalue weighted by Gasteiger charge is 2.29. The van der Waals surface area contributed by atoms with E-state index in [0.717, 1.165) is 6.04 Å². The Kier molecular flexibility index (Phi) is 3.62. The summed E-state index contributed by atoms with van der Waals surface area (Å²) in [5.41, 5.74) is 2.81. The van der Waals surface area contributed by atoms with Crippen molar-refractivity contribution in [2.75, 3.05) is 31.1 Å². The second-order valence-electron chi connectivity index (χ2n) is 5.56. The van der Waals surface area contributed by atoms with E-state index in [-0.39, 0.29) is 0 Å². The van der Waals surface area contributed by atoms with Crippen LogP contribution >= 0.6 is 15.9 Å². The Bertz CT molecular complexity index is 433. The number of halogens is 1. The Morgan fingerprint density at radius 2 is 2.00 bits per heavy atom. The van der Waals surface area contributed by atoms with E-state index in [2.05, 4.69) is 50.9 Å². The van der Waals surface area contributed by atoms with E-state index in [0.29, 0.717) is 0 Å². The van der Waals surface area contributed by atoms with E-state index in [4.69, 9.17) is 0 Å². The summed E-state index contributed by atoms with van der Waals surface area (Å²) in [6.07, 6.45) is 4.06. The van der Waals surface area contributed by atoms with E-state index >= 15 is 0 Å². The minimum Gasteiger partial charge on any atom is -0.370 e. The number of anilines is 1. The summed E-state index contributed by atoms with van der Waals surface area (Å²) in [6, 6.07) is 7.42. The van der Waals surface area contributed by atoms with E-state index in [1.165, 1.54) is 61.2 Å². The normalized spacial score (nSPS) is 25.0. The molecule has 2 aliphatic rings. The SMILES string of the molecule is Cc1ccc(Br)cc1N1CCCN2CCCC2C1. The first kappa shape index (κ1) is 12.5. The Hall–Kier alpha value is -0.540. The van der Waals surface area contributed by atoms with Crippen LogP contribution in [0.15, 0.2) is 22.7 Å². The lowest BCUT2D eigenvalue weighted by molar-refractivity contribution is 0.273. The zero-order chi connectivity index (χ0) is 12.5. The molecule has 3 rings (SSSR count). The fourth-order valence-corrected chi connectivity index (χ4v) is 3.70. The molecule has 1 aromatic rings. The van der Waals surface area contributed by atoms with Gasteiger partial charge in [-0.25, -0.2) is 0 Å². The van der Waals surface area contributed by atoms with Crippen LogP contribution in [0, 0.1) is 6.92 Å². The van der Waals surface area contributed by atoms with Crippen LogP contribution in [0.5, 0.6) is 0 Å². The molecule has 2 saturated heterocycles. The summed E-state index contributed by atoms with van der Waals surface area (Å²) in [5.74, 6) is 0. The minimum absolute atomic E-state index is 0.783. The van der Waals surface area contributed by atoms with Gasteiger partial charge in [-0.2, -0.15) is 0 Å². The predicted octanol–water partition coefficient (Wildman–Crippen LogP) is 3.43. The minimum atomic E-state index is 0.783. The fourth-order valence-electron chi connectivity index (χ4n) is 3.35. The largest absolute Gasteiger partial charge is 0.370 e. The van der Waals surface area contributed by atoms with Gasteiger partial charge in [0.1, 0.15) is 0 Å². The van der Waals surface area contributed by atoms with Crippen molar-refractivity contribution >= 4 is 21.6 Å².